The molecule has 0 amide bonds. The molecule has 1 aromatic heterocycles. The minimum Gasteiger partial charge on any atom is -0.478 e. The van der Waals surface area contributed by atoms with Crippen LogP contribution < -0.4 is 0 Å². The summed E-state index contributed by atoms with van der Waals surface area (Å²) in [6, 6.07) is 15.8. The fourth-order valence-corrected chi connectivity index (χ4v) is 2.48. The summed E-state index contributed by atoms with van der Waals surface area (Å²) in [7, 11) is 0. The maximum atomic E-state index is 11.6. The first-order chi connectivity index (χ1) is 11.6. The zero-order chi connectivity index (χ0) is 17.1. The summed E-state index contributed by atoms with van der Waals surface area (Å²) in [5.74, 6) is -2.45. The maximum Gasteiger partial charge on any atom is 0.354 e. The van der Waals surface area contributed by atoms with Gasteiger partial charge in [0, 0.05) is 5.39 Å². The van der Waals surface area contributed by atoms with E-state index >= 15 is 0 Å². The molecule has 0 fully saturated rings. The van der Waals surface area contributed by atoms with Crippen molar-refractivity contribution in [3.63, 3.8) is 0 Å². The second-order valence-corrected chi connectivity index (χ2v) is 5.15. The standard InChI is InChI=1S/C19H13NO4/c21-18(22)14-11-16(19(23)24)20-15-8-4-7-13(17(14)15)10-9-12-5-2-1-3-6-12/h1-11H,(H,21,22)(H,23,24)/b10-9+. The van der Waals surface area contributed by atoms with Crippen LogP contribution in [0.15, 0.2) is 54.6 Å². The molecule has 3 rings (SSSR count). The van der Waals surface area contributed by atoms with E-state index in [-0.39, 0.29) is 11.3 Å². The van der Waals surface area contributed by atoms with Crippen molar-refractivity contribution in [3.8, 4) is 0 Å². The lowest BCUT2D eigenvalue weighted by Crippen LogP contribution is -2.07. The third-order valence-corrected chi connectivity index (χ3v) is 3.57. The highest BCUT2D eigenvalue weighted by atomic mass is 16.4. The van der Waals surface area contributed by atoms with Gasteiger partial charge in [-0.05, 0) is 23.3 Å². The minimum absolute atomic E-state index is 0.0780. The van der Waals surface area contributed by atoms with Crippen molar-refractivity contribution in [2.24, 2.45) is 0 Å². The van der Waals surface area contributed by atoms with Crippen LogP contribution in [0.4, 0.5) is 0 Å². The molecule has 0 saturated carbocycles. The average molecular weight is 319 g/mol. The van der Waals surface area contributed by atoms with Crippen LogP contribution in [0.1, 0.15) is 32.0 Å². The van der Waals surface area contributed by atoms with Crippen molar-refractivity contribution in [1.29, 1.82) is 0 Å². The highest BCUT2D eigenvalue weighted by Crippen LogP contribution is 2.25. The number of fused-ring (bicyclic) bond motifs is 1. The number of nitrogens with zero attached hydrogens (tertiary/aromatic N) is 1. The highest BCUT2D eigenvalue weighted by Gasteiger charge is 2.17. The van der Waals surface area contributed by atoms with E-state index in [2.05, 4.69) is 4.98 Å². The molecule has 3 aromatic rings. The molecule has 2 N–H and O–H groups in total. The lowest BCUT2D eigenvalue weighted by molar-refractivity contribution is 0.0691. The summed E-state index contributed by atoms with van der Waals surface area (Å²) in [5, 5.41) is 19.0. The molecule has 0 unspecified atom stereocenters. The summed E-state index contributed by atoms with van der Waals surface area (Å²) in [4.78, 5) is 26.8. The van der Waals surface area contributed by atoms with E-state index in [0.29, 0.717) is 16.5 Å². The number of hydrogen-bond acceptors (Lipinski definition) is 3. The number of aromatic nitrogens is 1. The molecule has 0 bridgehead atoms. The molecule has 0 aliphatic carbocycles. The lowest BCUT2D eigenvalue weighted by atomic mass is 10.0. The van der Waals surface area contributed by atoms with Gasteiger partial charge in [-0.25, -0.2) is 14.6 Å². The van der Waals surface area contributed by atoms with Crippen LogP contribution in [-0.4, -0.2) is 27.1 Å². The molecule has 0 aliphatic rings. The molecule has 0 atom stereocenters. The van der Waals surface area contributed by atoms with E-state index in [4.69, 9.17) is 5.11 Å². The number of carboxylic acid groups (broad SMARTS) is 2. The predicted octanol–water partition coefficient (Wildman–Crippen LogP) is 3.80. The van der Waals surface area contributed by atoms with Crippen molar-refractivity contribution in [3.05, 3.63) is 77.0 Å². The van der Waals surface area contributed by atoms with Crippen LogP contribution in [0.5, 0.6) is 0 Å². The third kappa shape index (κ3) is 3.01. The largest absolute Gasteiger partial charge is 0.478 e. The number of rotatable bonds is 4. The topological polar surface area (TPSA) is 87.5 Å². The molecule has 118 valence electrons. The van der Waals surface area contributed by atoms with Crippen LogP contribution >= 0.6 is 0 Å². The molecule has 5 heteroatoms. The fraction of sp³-hybridized carbons (Fsp3) is 0. The van der Waals surface area contributed by atoms with Gasteiger partial charge in [0.2, 0.25) is 0 Å². The Hall–Kier alpha value is -3.47. The van der Waals surface area contributed by atoms with Gasteiger partial charge in [0.1, 0.15) is 5.69 Å². The Morgan fingerprint density at radius 2 is 1.62 bits per heavy atom. The number of carboxylic acids is 2. The lowest BCUT2D eigenvalue weighted by Gasteiger charge is -2.07. The van der Waals surface area contributed by atoms with E-state index in [1.165, 1.54) is 0 Å². The Labute approximate surface area is 137 Å². The summed E-state index contributed by atoms with van der Waals surface area (Å²) in [6.45, 7) is 0. The fourth-order valence-electron chi connectivity index (χ4n) is 2.48. The first-order valence-electron chi connectivity index (χ1n) is 7.20. The van der Waals surface area contributed by atoms with Crippen molar-refractivity contribution >= 4 is 35.0 Å². The predicted molar refractivity (Wildman–Crippen MR) is 91.0 cm³/mol. The van der Waals surface area contributed by atoms with E-state index in [0.717, 1.165) is 11.6 Å². The molecule has 24 heavy (non-hydrogen) atoms. The van der Waals surface area contributed by atoms with Gasteiger partial charge in [0.15, 0.2) is 0 Å². The van der Waals surface area contributed by atoms with Gasteiger partial charge >= 0.3 is 11.9 Å². The van der Waals surface area contributed by atoms with Gasteiger partial charge in [0.25, 0.3) is 0 Å². The SMILES string of the molecule is O=C(O)c1cc(C(=O)O)c2c(/C=C/c3ccccc3)cccc2n1. The van der Waals surface area contributed by atoms with E-state index in [9.17, 15) is 14.7 Å². The zero-order valence-electron chi connectivity index (χ0n) is 12.5. The molecule has 0 spiro atoms. The highest BCUT2D eigenvalue weighted by molar-refractivity contribution is 6.08. The van der Waals surface area contributed by atoms with Gasteiger partial charge in [-0.2, -0.15) is 0 Å². The quantitative estimate of drug-likeness (QED) is 0.714. The molecule has 1 heterocycles. The van der Waals surface area contributed by atoms with Gasteiger partial charge in [0.05, 0.1) is 11.1 Å². The number of carbonyl (C=O) groups is 2. The Balaban J connectivity index is 2.20. The molecule has 2 aromatic carbocycles. The van der Waals surface area contributed by atoms with Crippen molar-refractivity contribution in [1.82, 2.24) is 4.98 Å². The number of benzene rings is 2. The van der Waals surface area contributed by atoms with Crippen molar-refractivity contribution in [2.45, 2.75) is 0 Å². The Bertz CT molecular complexity index is 962. The summed E-state index contributed by atoms with van der Waals surface area (Å²) in [6.07, 6.45) is 3.66. The molecule has 0 saturated heterocycles. The average Bonchev–Trinajstić information content (AvgIpc) is 2.59. The first kappa shape index (κ1) is 15.4. The van der Waals surface area contributed by atoms with E-state index < -0.39 is 11.9 Å². The summed E-state index contributed by atoms with van der Waals surface area (Å²) in [5.41, 5.74) is 1.61. The number of hydrogen-bond donors (Lipinski definition) is 2. The van der Waals surface area contributed by atoms with Crippen LogP contribution in [0.2, 0.25) is 0 Å². The molecule has 0 radical (unpaired) electrons. The van der Waals surface area contributed by atoms with Crippen LogP contribution in [0, 0.1) is 0 Å². The molecular formula is C19H13NO4. The van der Waals surface area contributed by atoms with Gasteiger partial charge in [-0.1, -0.05) is 54.6 Å². The summed E-state index contributed by atoms with van der Waals surface area (Å²) < 4.78 is 0. The zero-order valence-corrected chi connectivity index (χ0v) is 12.5. The molecular weight excluding hydrogens is 306 g/mol. The maximum absolute atomic E-state index is 11.6. The van der Waals surface area contributed by atoms with Crippen molar-refractivity contribution < 1.29 is 19.8 Å². The first-order valence-corrected chi connectivity index (χ1v) is 7.20. The number of pyridine rings is 1. The second-order valence-electron chi connectivity index (χ2n) is 5.15. The molecule has 0 aliphatic heterocycles. The third-order valence-electron chi connectivity index (χ3n) is 3.57. The monoisotopic (exact) mass is 319 g/mol. The Morgan fingerprint density at radius 3 is 2.29 bits per heavy atom. The minimum atomic E-state index is -1.26. The normalized spacial score (nSPS) is 11.0. The molecule has 5 nitrogen and oxygen atoms in total. The number of aromatic carboxylic acids is 2. The van der Waals surface area contributed by atoms with E-state index in [1.54, 1.807) is 24.3 Å². The van der Waals surface area contributed by atoms with Gasteiger partial charge in [-0.15, -0.1) is 0 Å². The van der Waals surface area contributed by atoms with Crippen molar-refractivity contribution in [2.75, 3.05) is 0 Å². The Morgan fingerprint density at radius 1 is 0.875 bits per heavy atom. The Kier molecular flexibility index (Phi) is 4.07. The second kappa shape index (κ2) is 6.34. The van der Waals surface area contributed by atoms with Gasteiger partial charge < -0.3 is 10.2 Å². The van der Waals surface area contributed by atoms with Gasteiger partial charge in [-0.3, -0.25) is 0 Å². The van der Waals surface area contributed by atoms with Crippen LogP contribution in [-0.2, 0) is 0 Å². The van der Waals surface area contributed by atoms with E-state index in [1.807, 2.05) is 36.4 Å². The summed E-state index contributed by atoms with van der Waals surface area (Å²) >= 11 is 0. The van der Waals surface area contributed by atoms with Crippen LogP contribution in [0.25, 0.3) is 23.1 Å². The smallest absolute Gasteiger partial charge is 0.354 e. The van der Waals surface area contributed by atoms with Crippen LogP contribution in [0.3, 0.4) is 0 Å².